The molecule has 2 aromatic rings. The predicted octanol–water partition coefficient (Wildman–Crippen LogP) is 4.91. The first-order valence-corrected chi connectivity index (χ1v) is 9.92. The summed E-state index contributed by atoms with van der Waals surface area (Å²) in [5, 5.41) is 0. The average molecular weight is 400 g/mol. The molecule has 1 unspecified atom stereocenters. The molecule has 0 aliphatic rings. The van der Waals surface area contributed by atoms with E-state index in [2.05, 4.69) is 0 Å². The topological polar surface area (TPSA) is 69.7 Å². The number of ether oxygens (including phenoxy) is 2. The molecular weight excluding hydrogens is 375 g/mol. The maximum absolute atomic E-state index is 13.4. The van der Waals surface area contributed by atoms with Gasteiger partial charge in [-0.15, -0.1) is 0 Å². The van der Waals surface area contributed by atoms with Gasteiger partial charge in [0, 0.05) is 11.7 Å². The van der Waals surface area contributed by atoms with Crippen LogP contribution in [0.3, 0.4) is 0 Å². The number of hydrogen-bond donors (Lipinski definition) is 0. The molecule has 28 heavy (non-hydrogen) atoms. The zero-order valence-electron chi connectivity index (χ0n) is 17.1. The van der Waals surface area contributed by atoms with E-state index in [-0.39, 0.29) is 26.0 Å². The minimum atomic E-state index is -1.09. The van der Waals surface area contributed by atoms with Crippen molar-refractivity contribution in [2.24, 2.45) is 5.92 Å². The van der Waals surface area contributed by atoms with E-state index in [0.29, 0.717) is 17.1 Å². The van der Waals surface area contributed by atoms with Crippen LogP contribution in [0.1, 0.15) is 43.0 Å². The average Bonchev–Trinajstić information content (AvgIpc) is 2.63. The lowest BCUT2D eigenvalue weighted by atomic mass is 9.86. The first-order chi connectivity index (χ1) is 13.2. The summed E-state index contributed by atoms with van der Waals surface area (Å²) in [7, 11) is 2.65. The molecule has 0 aliphatic heterocycles. The first kappa shape index (κ1) is 21.8. The molecule has 2 aromatic carbocycles. The second-order valence-corrected chi connectivity index (χ2v) is 7.53. The van der Waals surface area contributed by atoms with E-state index in [1.165, 1.54) is 14.2 Å². The van der Waals surface area contributed by atoms with Crippen LogP contribution in [0.2, 0.25) is 0 Å². The Kier molecular flexibility index (Phi) is 7.09. The van der Waals surface area contributed by atoms with Crippen LogP contribution in [-0.2, 0) is 4.57 Å². The minimum Gasteiger partial charge on any atom is -0.496 e. The molecule has 0 fully saturated rings. The molecule has 0 bridgehead atoms. The highest BCUT2D eigenvalue weighted by atomic mass is 31.1. The fourth-order valence-electron chi connectivity index (χ4n) is 3.56. The molecule has 6 heteroatoms. The van der Waals surface area contributed by atoms with Crippen LogP contribution >= 0.6 is 8.46 Å². The van der Waals surface area contributed by atoms with Gasteiger partial charge in [0.05, 0.1) is 20.1 Å². The van der Waals surface area contributed by atoms with Crippen LogP contribution in [0.5, 0.6) is 11.5 Å². The Labute approximate surface area is 167 Å². The van der Waals surface area contributed by atoms with Gasteiger partial charge in [0.25, 0.3) is 0 Å². The molecule has 2 rings (SSSR count). The second kappa shape index (κ2) is 9.11. The molecule has 0 saturated heterocycles. The highest BCUT2D eigenvalue weighted by molar-refractivity contribution is 7.23. The smallest absolute Gasteiger partial charge is 0.181 e. The molecule has 0 amide bonds. The van der Waals surface area contributed by atoms with Crippen LogP contribution in [0.25, 0.3) is 0 Å². The lowest BCUT2D eigenvalue weighted by molar-refractivity contribution is 0.0819. The number of carbonyl (C=O) groups is 2. The van der Waals surface area contributed by atoms with E-state index in [4.69, 9.17) is 9.47 Å². The molecule has 5 nitrogen and oxygen atoms in total. The number of ketones is 2. The van der Waals surface area contributed by atoms with Crippen LogP contribution in [0, 0.1) is 33.6 Å². The number of hydrogen-bond acceptors (Lipinski definition) is 5. The van der Waals surface area contributed by atoms with Gasteiger partial charge in [-0.05, 0) is 56.5 Å². The molecule has 0 spiro atoms. The van der Waals surface area contributed by atoms with E-state index in [1.807, 2.05) is 39.8 Å². The first-order valence-electron chi connectivity index (χ1n) is 8.93. The summed E-state index contributed by atoms with van der Waals surface area (Å²) >= 11 is 0. The highest BCUT2D eigenvalue weighted by Gasteiger charge is 2.34. The Balaban J connectivity index is 2.61. The molecule has 1 atom stereocenters. The Morgan fingerprint density at radius 1 is 0.821 bits per heavy atom. The Hall–Kier alpha value is -2.52. The largest absolute Gasteiger partial charge is 0.496 e. The van der Waals surface area contributed by atoms with Crippen molar-refractivity contribution < 1.29 is 23.6 Å². The molecule has 0 saturated carbocycles. The molecule has 0 aromatic heterocycles. The molecule has 0 N–H and O–H groups in total. The van der Waals surface area contributed by atoms with E-state index in [1.54, 1.807) is 12.1 Å². The van der Waals surface area contributed by atoms with Crippen molar-refractivity contribution >= 4 is 20.0 Å². The van der Waals surface area contributed by atoms with Gasteiger partial charge in [-0.1, -0.05) is 17.7 Å². The van der Waals surface area contributed by atoms with Crippen molar-refractivity contribution in [1.82, 2.24) is 0 Å². The van der Waals surface area contributed by atoms with E-state index in [9.17, 15) is 14.2 Å². The summed E-state index contributed by atoms with van der Waals surface area (Å²) in [6.07, 6.45) is -0.107. The molecular formula is C22H25O5P. The Morgan fingerprint density at radius 3 is 1.68 bits per heavy atom. The Bertz CT molecular complexity index is 885. The molecule has 0 radical (unpaired) electrons. The van der Waals surface area contributed by atoms with Crippen LogP contribution in [0.15, 0.2) is 24.3 Å². The van der Waals surface area contributed by atoms with Crippen molar-refractivity contribution in [2.45, 2.75) is 27.7 Å². The van der Waals surface area contributed by atoms with Gasteiger partial charge in [-0.25, -0.2) is 0 Å². The highest BCUT2D eigenvalue weighted by Crippen LogP contribution is 2.34. The fraction of sp³-hybridized carbons (Fsp3) is 0.364. The lowest BCUT2D eigenvalue weighted by Crippen LogP contribution is -2.28. The van der Waals surface area contributed by atoms with Gasteiger partial charge in [0.15, 0.2) is 20.0 Å². The fourth-order valence-corrected chi connectivity index (χ4v) is 4.04. The summed E-state index contributed by atoms with van der Waals surface area (Å²) in [5.74, 6) is -1.22. The van der Waals surface area contributed by atoms with Crippen LogP contribution < -0.4 is 9.47 Å². The van der Waals surface area contributed by atoms with Gasteiger partial charge in [-0.2, -0.15) is 0 Å². The number of rotatable bonds is 8. The van der Waals surface area contributed by atoms with Gasteiger partial charge in [-0.3, -0.25) is 14.2 Å². The number of methoxy groups -OCH3 is 2. The number of carbonyl (C=O) groups excluding carboxylic acids is 2. The predicted molar refractivity (Wildman–Crippen MR) is 110 cm³/mol. The second-order valence-electron chi connectivity index (χ2n) is 6.91. The standard InChI is InChI=1S/C22H25O5P/c1-12-7-14(3)19(15(4)8-12)21(23)16(11-28-25)22(24)20-17(26-5)9-13(2)10-18(20)27-6/h7-10,16H,11H2,1-6H3. The molecule has 0 aliphatic carbocycles. The van der Waals surface area contributed by atoms with Crippen LogP contribution in [-0.4, -0.2) is 31.9 Å². The van der Waals surface area contributed by atoms with Crippen molar-refractivity contribution in [2.75, 3.05) is 20.4 Å². The van der Waals surface area contributed by atoms with Crippen molar-refractivity contribution in [3.05, 3.63) is 57.6 Å². The lowest BCUT2D eigenvalue weighted by Gasteiger charge is -2.19. The summed E-state index contributed by atoms with van der Waals surface area (Å²) < 4.78 is 22.2. The number of Topliss-reactive ketones (excluding diaryl/α,β-unsaturated/α-hetero) is 2. The van der Waals surface area contributed by atoms with Crippen molar-refractivity contribution in [3.63, 3.8) is 0 Å². The summed E-state index contributed by atoms with van der Waals surface area (Å²) in [5.41, 5.74) is 4.19. The normalized spacial score (nSPS) is 11.9. The summed E-state index contributed by atoms with van der Waals surface area (Å²) in [6, 6.07) is 7.25. The third-order valence-electron chi connectivity index (χ3n) is 4.71. The van der Waals surface area contributed by atoms with E-state index < -0.39 is 11.7 Å². The third kappa shape index (κ3) is 4.31. The maximum atomic E-state index is 13.4. The zero-order valence-corrected chi connectivity index (χ0v) is 18.0. The number of aryl methyl sites for hydroxylation is 4. The maximum Gasteiger partial charge on any atom is 0.181 e. The van der Waals surface area contributed by atoms with E-state index >= 15 is 0 Å². The number of benzene rings is 2. The van der Waals surface area contributed by atoms with Crippen molar-refractivity contribution in [1.29, 1.82) is 0 Å². The van der Waals surface area contributed by atoms with Crippen LogP contribution in [0.4, 0.5) is 0 Å². The molecule has 0 heterocycles. The van der Waals surface area contributed by atoms with Gasteiger partial charge in [0.2, 0.25) is 0 Å². The van der Waals surface area contributed by atoms with E-state index in [0.717, 1.165) is 22.3 Å². The zero-order chi connectivity index (χ0) is 21.0. The SMILES string of the molecule is COc1cc(C)cc(OC)c1C(=O)C(CP=O)C(=O)c1c(C)cc(C)cc1C. The quantitative estimate of drug-likeness (QED) is 0.358. The third-order valence-corrected chi connectivity index (χ3v) is 5.22. The Morgan fingerprint density at radius 2 is 1.25 bits per heavy atom. The minimum absolute atomic E-state index is 0.107. The van der Waals surface area contributed by atoms with Crippen molar-refractivity contribution in [3.8, 4) is 11.5 Å². The summed E-state index contributed by atoms with van der Waals surface area (Å²) in [6.45, 7) is 7.50. The summed E-state index contributed by atoms with van der Waals surface area (Å²) in [4.78, 5) is 26.7. The monoisotopic (exact) mass is 400 g/mol. The van der Waals surface area contributed by atoms with Gasteiger partial charge in [0.1, 0.15) is 17.1 Å². The molecule has 148 valence electrons. The van der Waals surface area contributed by atoms with Gasteiger partial charge < -0.3 is 9.47 Å². The van der Waals surface area contributed by atoms with Gasteiger partial charge >= 0.3 is 0 Å².